The van der Waals surface area contributed by atoms with Crippen LogP contribution in [-0.4, -0.2) is 7.11 Å². The molecule has 0 aromatic heterocycles. The van der Waals surface area contributed by atoms with Gasteiger partial charge in [-0.05, 0) is 47.9 Å². The van der Waals surface area contributed by atoms with Gasteiger partial charge in [0.05, 0.1) is 13.2 Å². The first-order valence-electron chi connectivity index (χ1n) is 5.98. The van der Waals surface area contributed by atoms with Crippen LogP contribution in [0.15, 0.2) is 30.3 Å². The molecule has 1 unspecified atom stereocenters. The van der Waals surface area contributed by atoms with Gasteiger partial charge < -0.3 is 10.5 Å². The van der Waals surface area contributed by atoms with E-state index in [2.05, 4.69) is 0 Å². The van der Waals surface area contributed by atoms with Gasteiger partial charge >= 0.3 is 0 Å². The van der Waals surface area contributed by atoms with E-state index in [4.69, 9.17) is 22.1 Å². The van der Waals surface area contributed by atoms with E-state index in [1.165, 1.54) is 25.3 Å². The van der Waals surface area contributed by atoms with Crippen LogP contribution in [0.3, 0.4) is 0 Å². The zero-order valence-electron chi connectivity index (χ0n) is 11.1. The van der Waals surface area contributed by atoms with Crippen molar-refractivity contribution in [1.29, 1.82) is 0 Å². The molecule has 2 aromatic carbocycles. The molecule has 0 spiro atoms. The summed E-state index contributed by atoms with van der Waals surface area (Å²) in [6, 6.07) is 6.59. The molecule has 2 rings (SSSR count). The Hall–Kier alpha value is -1.65. The van der Waals surface area contributed by atoms with Crippen LogP contribution in [0.5, 0.6) is 5.75 Å². The number of hydrogen-bond acceptors (Lipinski definition) is 2. The van der Waals surface area contributed by atoms with E-state index >= 15 is 0 Å². The second kappa shape index (κ2) is 5.77. The van der Waals surface area contributed by atoms with E-state index in [0.29, 0.717) is 16.7 Å². The maximum Gasteiger partial charge on any atom is 0.165 e. The van der Waals surface area contributed by atoms with Gasteiger partial charge in [0.25, 0.3) is 0 Å². The molecular formula is C15H14ClF2NO. The number of halogens is 3. The Labute approximate surface area is 121 Å². The summed E-state index contributed by atoms with van der Waals surface area (Å²) in [5.41, 5.74) is 7.61. The van der Waals surface area contributed by atoms with Gasteiger partial charge in [0.15, 0.2) is 11.6 Å². The molecule has 106 valence electrons. The zero-order chi connectivity index (χ0) is 14.9. The molecule has 5 heteroatoms. The van der Waals surface area contributed by atoms with Crippen LogP contribution in [0.4, 0.5) is 8.78 Å². The quantitative estimate of drug-likeness (QED) is 0.930. The Morgan fingerprint density at radius 1 is 1.15 bits per heavy atom. The standard InChI is InChI=1S/C15H14ClF2NO/c1-8-5-10(11(16)7-12(8)17)15(19)9-3-4-14(20-2)13(18)6-9/h3-7,15H,19H2,1-2H3. The lowest BCUT2D eigenvalue weighted by Crippen LogP contribution is -2.13. The summed E-state index contributed by atoms with van der Waals surface area (Å²) in [5, 5.41) is 0.219. The maximum absolute atomic E-state index is 13.7. The summed E-state index contributed by atoms with van der Waals surface area (Å²) in [7, 11) is 1.39. The fourth-order valence-electron chi connectivity index (χ4n) is 1.97. The second-order valence-corrected chi connectivity index (χ2v) is 4.90. The van der Waals surface area contributed by atoms with Gasteiger partial charge in [-0.25, -0.2) is 8.78 Å². The number of rotatable bonds is 3. The van der Waals surface area contributed by atoms with E-state index in [9.17, 15) is 8.78 Å². The van der Waals surface area contributed by atoms with Crippen molar-refractivity contribution in [3.63, 3.8) is 0 Å². The molecule has 0 saturated heterocycles. The van der Waals surface area contributed by atoms with Crippen molar-refractivity contribution in [1.82, 2.24) is 0 Å². The minimum Gasteiger partial charge on any atom is -0.494 e. The van der Waals surface area contributed by atoms with Gasteiger partial charge in [-0.2, -0.15) is 0 Å². The number of aryl methyl sites for hydroxylation is 1. The summed E-state index contributed by atoms with van der Waals surface area (Å²) in [6.45, 7) is 1.62. The molecule has 0 saturated carbocycles. The van der Waals surface area contributed by atoms with Crippen LogP contribution < -0.4 is 10.5 Å². The molecule has 0 heterocycles. The van der Waals surface area contributed by atoms with Crippen molar-refractivity contribution < 1.29 is 13.5 Å². The third kappa shape index (κ3) is 2.76. The average molecular weight is 298 g/mol. The topological polar surface area (TPSA) is 35.2 Å². The van der Waals surface area contributed by atoms with Crippen LogP contribution in [0.1, 0.15) is 22.7 Å². The first kappa shape index (κ1) is 14.8. The Balaban J connectivity index is 2.43. The summed E-state index contributed by atoms with van der Waals surface area (Å²) in [6.07, 6.45) is 0. The third-order valence-electron chi connectivity index (χ3n) is 3.15. The van der Waals surface area contributed by atoms with Crippen LogP contribution in [0, 0.1) is 18.6 Å². The number of methoxy groups -OCH3 is 1. The summed E-state index contributed by atoms with van der Waals surface area (Å²) in [4.78, 5) is 0. The Kier molecular flexibility index (Phi) is 4.26. The lowest BCUT2D eigenvalue weighted by atomic mass is 9.97. The molecule has 0 amide bonds. The molecule has 1 atom stereocenters. The Bertz CT molecular complexity index is 646. The molecule has 0 bridgehead atoms. The zero-order valence-corrected chi connectivity index (χ0v) is 11.8. The summed E-state index contributed by atoms with van der Waals surface area (Å²) < 4.78 is 31.9. The third-order valence-corrected chi connectivity index (χ3v) is 3.48. The maximum atomic E-state index is 13.7. The minimum absolute atomic E-state index is 0.141. The van der Waals surface area contributed by atoms with Crippen LogP contribution >= 0.6 is 11.6 Å². The number of ether oxygens (including phenoxy) is 1. The number of hydrogen-bond donors (Lipinski definition) is 1. The van der Waals surface area contributed by atoms with Crippen molar-refractivity contribution in [2.45, 2.75) is 13.0 Å². The highest BCUT2D eigenvalue weighted by molar-refractivity contribution is 6.31. The highest BCUT2D eigenvalue weighted by Gasteiger charge is 2.16. The summed E-state index contributed by atoms with van der Waals surface area (Å²) >= 11 is 6.01. The molecule has 0 radical (unpaired) electrons. The number of nitrogens with two attached hydrogens (primary N) is 1. The largest absolute Gasteiger partial charge is 0.494 e. The minimum atomic E-state index is -0.637. The van der Waals surface area contributed by atoms with Gasteiger partial charge in [-0.15, -0.1) is 0 Å². The van der Waals surface area contributed by atoms with Gasteiger partial charge in [0.2, 0.25) is 0 Å². The van der Waals surface area contributed by atoms with E-state index in [-0.39, 0.29) is 10.8 Å². The van der Waals surface area contributed by atoms with Crippen LogP contribution in [-0.2, 0) is 0 Å². The smallest absolute Gasteiger partial charge is 0.165 e. The van der Waals surface area contributed by atoms with Crippen molar-refractivity contribution in [2.24, 2.45) is 5.73 Å². The molecule has 2 aromatic rings. The van der Waals surface area contributed by atoms with Gasteiger partial charge in [0, 0.05) is 5.02 Å². The highest BCUT2D eigenvalue weighted by Crippen LogP contribution is 2.30. The predicted octanol–water partition coefficient (Wildman–Crippen LogP) is 3.98. The van der Waals surface area contributed by atoms with Crippen molar-refractivity contribution in [2.75, 3.05) is 7.11 Å². The Morgan fingerprint density at radius 3 is 2.45 bits per heavy atom. The lowest BCUT2D eigenvalue weighted by molar-refractivity contribution is 0.386. The molecule has 0 aliphatic rings. The second-order valence-electron chi connectivity index (χ2n) is 4.49. The van der Waals surface area contributed by atoms with E-state index in [1.807, 2.05) is 0 Å². The fourth-order valence-corrected chi connectivity index (χ4v) is 2.24. The predicted molar refractivity (Wildman–Crippen MR) is 75.1 cm³/mol. The van der Waals surface area contributed by atoms with Crippen molar-refractivity contribution in [3.05, 3.63) is 63.7 Å². The van der Waals surface area contributed by atoms with Gasteiger partial charge in [-0.3, -0.25) is 0 Å². The molecule has 0 aliphatic carbocycles. The SMILES string of the molecule is COc1ccc(C(N)c2cc(C)c(F)cc2Cl)cc1F. The Morgan fingerprint density at radius 2 is 1.85 bits per heavy atom. The molecule has 20 heavy (non-hydrogen) atoms. The van der Waals surface area contributed by atoms with Crippen LogP contribution in [0.25, 0.3) is 0 Å². The number of benzene rings is 2. The summed E-state index contributed by atoms with van der Waals surface area (Å²) in [5.74, 6) is -0.760. The fraction of sp³-hybridized carbons (Fsp3) is 0.200. The first-order chi connectivity index (χ1) is 9.43. The average Bonchev–Trinajstić information content (AvgIpc) is 2.42. The highest BCUT2D eigenvalue weighted by atomic mass is 35.5. The van der Waals surface area contributed by atoms with E-state index in [1.54, 1.807) is 19.1 Å². The molecule has 2 nitrogen and oxygen atoms in total. The van der Waals surface area contributed by atoms with Crippen LogP contribution in [0.2, 0.25) is 5.02 Å². The van der Waals surface area contributed by atoms with Crippen molar-refractivity contribution in [3.8, 4) is 5.75 Å². The van der Waals surface area contributed by atoms with E-state index in [0.717, 1.165) is 0 Å². The lowest BCUT2D eigenvalue weighted by Gasteiger charge is -2.16. The molecule has 2 N–H and O–H groups in total. The van der Waals surface area contributed by atoms with E-state index < -0.39 is 17.7 Å². The first-order valence-corrected chi connectivity index (χ1v) is 6.36. The molecular weight excluding hydrogens is 284 g/mol. The molecule has 0 aliphatic heterocycles. The molecule has 0 fully saturated rings. The van der Waals surface area contributed by atoms with Gasteiger partial charge in [0.1, 0.15) is 5.82 Å². The normalized spacial score (nSPS) is 12.3. The van der Waals surface area contributed by atoms with Crippen molar-refractivity contribution >= 4 is 11.6 Å². The van der Waals surface area contributed by atoms with Gasteiger partial charge in [-0.1, -0.05) is 17.7 Å². The monoisotopic (exact) mass is 297 g/mol.